The van der Waals surface area contributed by atoms with E-state index in [0.29, 0.717) is 0 Å². The van der Waals surface area contributed by atoms with Crippen LogP contribution in [0.4, 0.5) is 23.2 Å². The summed E-state index contributed by atoms with van der Waals surface area (Å²) in [6.07, 6.45) is 0. The molecular formula is C21H21BrF4N2O7S. The van der Waals surface area contributed by atoms with Gasteiger partial charge in [-0.1, -0.05) is 28.1 Å². The number of esters is 1. The van der Waals surface area contributed by atoms with E-state index < -0.39 is 80.7 Å². The van der Waals surface area contributed by atoms with E-state index in [0.717, 1.165) is 30.3 Å². The average molecular weight is 601 g/mol. The normalized spacial score (nSPS) is 13.7. The summed E-state index contributed by atoms with van der Waals surface area (Å²) in [6.45, 7) is -5.54. The molecule has 0 heterocycles. The van der Waals surface area contributed by atoms with E-state index in [1.807, 2.05) is 4.72 Å². The molecule has 0 aliphatic rings. The van der Waals surface area contributed by atoms with Crippen molar-refractivity contribution in [2.45, 2.75) is 23.0 Å². The van der Waals surface area contributed by atoms with Crippen molar-refractivity contribution in [2.75, 3.05) is 33.2 Å². The quantitative estimate of drug-likeness (QED) is 0.160. The minimum absolute atomic E-state index is 0.161. The number of halogens is 5. The maximum atomic E-state index is 14.9. The lowest BCUT2D eigenvalue weighted by Gasteiger charge is -2.36. The highest BCUT2D eigenvalue weighted by molar-refractivity contribution is 9.10. The van der Waals surface area contributed by atoms with Crippen molar-refractivity contribution in [2.24, 2.45) is 0 Å². The Morgan fingerprint density at radius 1 is 1.14 bits per heavy atom. The van der Waals surface area contributed by atoms with E-state index in [9.17, 15) is 40.9 Å². The first kappa shape index (κ1) is 29.6. The van der Waals surface area contributed by atoms with Crippen molar-refractivity contribution in [3.8, 4) is 0 Å². The van der Waals surface area contributed by atoms with E-state index >= 15 is 0 Å². The number of alkyl halides is 3. The zero-order valence-corrected chi connectivity index (χ0v) is 21.1. The van der Waals surface area contributed by atoms with Crippen molar-refractivity contribution in [1.29, 1.82) is 0 Å². The number of hydrogen-bond acceptors (Lipinski definition) is 7. The van der Waals surface area contributed by atoms with E-state index in [4.69, 9.17) is 4.74 Å². The van der Waals surface area contributed by atoms with Crippen LogP contribution in [0.1, 0.15) is 12.5 Å². The minimum atomic E-state index is -4.99. The van der Waals surface area contributed by atoms with Gasteiger partial charge in [-0.3, -0.25) is 10.1 Å². The number of carbonyl (C=O) groups is 1. The van der Waals surface area contributed by atoms with Gasteiger partial charge in [0.15, 0.2) is 4.90 Å². The molecule has 2 aromatic carbocycles. The lowest BCUT2D eigenvalue weighted by Crippen LogP contribution is -2.56. The van der Waals surface area contributed by atoms with Crippen molar-refractivity contribution >= 4 is 37.6 Å². The van der Waals surface area contributed by atoms with Crippen LogP contribution >= 0.6 is 15.9 Å². The van der Waals surface area contributed by atoms with Gasteiger partial charge in [-0.2, -0.15) is 4.72 Å². The number of benzene rings is 2. The van der Waals surface area contributed by atoms with Crippen LogP contribution < -0.4 is 4.72 Å². The Labute approximate surface area is 212 Å². The fourth-order valence-corrected chi connectivity index (χ4v) is 5.00. The van der Waals surface area contributed by atoms with Crippen molar-refractivity contribution in [1.82, 2.24) is 4.72 Å². The number of para-hydroxylation sites is 1. The molecule has 0 saturated heterocycles. The van der Waals surface area contributed by atoms with Gasteiger partial charge in [0.2, 0.25) is 15.6 Å². The number of nitro groups is 1. The summed E-state index contributed by atoms with van der Waals surface area (Å²) in [6, 6.07) is 7.13. The van der Waals surface area contributed by atoms with Gasteiger partial charge in [0.25, 0.3) is 5.69 Å². The molecule has 36 heavy (non-hydrogen) atoms. The number of nitro benzene ring substituents is 1. The molecule has 0 saturated carbocycles. The lowest BCUT2D eigenvalue weighted by molar-refractivity contribution is -0.387. The van der Waals surface area contributed by atoms with Gasteiger partial charge in [-0.25, -0.2) is 30.8 Å². The maximum absolute atomic E-state index is 14.9. The van der Waals surface area contributed by atoms with Crippen molar-refractivity contribution < 1.29 is 45.2 Å². The van der Waals surface area contributed by atoms with Gasteiger partial charge in [-0.15, -0.1) is 0 Å². The molecule has 0 spiro atoms. The van der Waals surface area contributed by atoms with Crippen LogP contribution in [0, 0.1) is 15.9 Å². The summed E-state index contributed by atoms with van der Waals surface area (Å²) in [5, 5.41) is 11.4. The molecule has 1 atom stereocenters. The standard InChI is InChI=1S/C21H21BrF4N2O7S/c1-2-34-19(29)21(11-24,12-25)35-13-20(10-23,15-9-14(22)7-8-16(15)26)27-36(32,33)18-6-4-3-5-17(18)28(30)31/h3-9,27H,2,10-13H2,1H3. The van der Waals surface area contributed by atoms with E-state index in [1.165, 1.54) is 19.1 Å². The van der Waals surface area contributed by atoms with Gasteiger partial charge < -0.3 is 9.47 Å². The van der Waals surface area contributed by atoms with Crippen LogP contribution in [-0.4, -0.2) is 58.1 Å². The molecule has 0 aliphatic heterocycles. The predicted molar refractivity (Wildman–Crippen MR) is 122 cm³/mol. The van der Waals surface area contributed by atoms with Gasteiger partial charge >= 0.3 is 5.97 Å². The Morgan fingerprint density at radius 3 is 2.33 bits per heavy atom. The summed E-state index contributed by atoms with van der Waals surface area (Å²) >= 11 is 3.04. The number of carbonyl (C=O) groups excluding carboxylic acids is 1. The molecule has 15 heteroatoms. The van der Waals surface area contributed by atoms with E-state index in [-0.39, 0.29) is 11.1 Å². The number of rotatable bonds is 13. The van der Waals surface area contributed by atoms with Crippen LogP contribution in [0.2, 0.25) is 0 Å². The first-order valence-electron chi connectivity index (χ1n) is 10.1. The van der Waals surface area contributed by atoms with Crippen molar-refractivity contribution in [3.63, 3.8) is 0 Å². The van der Waals surface area contributed by atoms with Gasteiger partial charge in [-0.05, 0) is 31.2 Å². The average Bonchev–Trinajstić information content (AvgIpc) is 2.85. The van der Waals surface area contributed by atoms with Crippen LogP contribution in [0.15, 0.2) is 51.8 Å². The van der Waals surface area contributed by atoms with E-state index in [1.54, 1.807) is 0 Å². The zero-order valence-electron chi connectivity index (χ0n) is 18.7. The van der Waals surface area contributed by atoms with Gasteiger partial charge in [0.1, 0.15) is 31.4 Å². The van der Waals surface area contributed by atoms with Crippen LogP contribution in [0.25, 0.3) is 0 Å². The Kier molecular flexibility index (Phi) is 9.93. The molecule has 0 aliphatic carbocycles. The van der Waals surface area contributed by atoms with E-state index in [2.05, 4.69) is 20.7 Å². The summed E-state index contributed by atoms with van der Waals surface area (Å²) in [5.41, 5.74) is -7.17. The second-order valence-corrected chi connectivity index (χ2v) is 10.0. The highest BCUT2D eigenvalue weighted by Gasteiger charge is 2.48. The van der Waals surface area contributed by atoms with Crippen LogP contribution in [0.5, 0.6) is 0 Å². The first-order valence-corrected chi connectivity index (χ1v) is 12.4. The molecule has 0 aromatic heterocycles. The topological polar surface area (TPSA) is 125 Å². The predicted octanol–water partition coefficient (Wildman–Crippen LogP) is 3.90. The van der Waals surface area contributed by atoms with Crippen LogP contribution in [0.3, 0.4) is 0 Å². The highest BCUT2D eigenvalue weighted by Crippen LogP contribution is 2.33. The summed E-state index contributed by atoms with van der Waals surface area (Å²) in [7, 11) is -4.99. The minimum Gasteiger partial charge on any atom is -0.464 e. The number of hydrogen-bond donors (Lipinski definition) is 1. The molecule has 1 N–H and O–H groups in total. The third kappa shape index (κ3) is 6.19. The molecule has 2 rings (SSSR count). The number of ether oxygens (including phenoxy) is 2. The second-order valence-electron chi connectivity index (χ2n) is 7.44. The second kappa shape index (κ2) is 12.1. The Bertz CT molecular complexity index is 1210. The lowest BCUT2D eigenvalue weighted by atomic mass is 9.92. The molecule has 2 aromatic rings. The maximum Gasteiger partial charge on any atom is 0.343 e. The Balaban J connectivity index is 2.68. The number of sulfonamides is 1. The summed E-state index contributed by atoms with van der Waals surface area (Å²) in [5.74, 6) is -2.63. The number of nitrogens with one attached hydrogen (secondary N) is 1. The fraction of sp³-hybridized carbons (Fsp3) is 0.381. The first-order chi connectivity index (χ1) is 16.9. The molecule has 0 bridgehead atoms. The fourth-order valence-electron chi connectivity index (χ4n) is 3.12. The summed E-state index contributed by atoms with van der Waals surface area (Å²) in [4.78, 5) is 21.7. The van der Waals surface area contributed by atoms with Gasteiger partial charge in [0.05, 0.1) is 18.1 Å². The molecule has 0 fully saturated rings. The zero-order chi connectivity index (χ0) is 27.1. The Morgan fingerprint density at radius 2 is 1.78 bits per heavy atom. The molecule has 0 radical (unpaired) electrons. The SMILES string of the molecule is CCOC(=O)C(CF)(CF)OCC(CF)(NS(=O)(=O)c1ccccc1[N+](=O)[O-])c1cc(Br)ccc1F. The molecule has 198 valence electrons. The van der Waals surface area contributed by atoms with Crippen molar-refractivity contribution in [3.05, 3.63) is 68.4 Å². The van der Waals surface area contributed by atoms with Crippen LogP contribution in [-0.2, 0) is 29.8 Å². The molecular weight excluding hydrogens is 580 g/mol. The molecule has 1 unspecified atom stereocenters. The monoisotopic (exact) mass is 600 g/mol. The van der Waals surface area contributed by atoms with Gasteiger partial charge in [0, 0.05) is 16.1 Å². The summed E-state index contributed by atoms with van der Waals surface area (Å²) < 4.78 is 95.3. The highest BCUT2D eigenvalue weighted by atomic mass is 79.9. The largest absolute Gasteiger partial charge is 0.464 e. The smallest absolute Gasteiger partial charge is 0.343 e. The number of nitrogens with zero attached hydrogens (tertiary/aromatic N) is 1. The molecule has 0 amide bonds. The third-order valence-corrected chi connectivity index (χ3v) is 7.10. The third-order valence-electron chi connectivity index (χ3n) is 5.03. The molecule has 9 nitrogen and oxygen atoms in total. The Hall–Kier alpha value is -2.62.